The van der Waals surface area contributed by atoms with Crippen LogP contribution in [0.15, 0.2) is 28.6 Å². The summed E-state index contributed by atoms with van der Waals surface area (Å²) in [5, 5.41) is 8.71. The maximum absolute atomic E-state index is 12.2. The zero-order chi connectivity index (χ0) is 13.2. The Morgan fingerprint density at radius 1 is 1.44 bits per heavy atom. The van der Waals surface area contributed by atoms with Crippen LogP contribution in [0.1, 0.15) is 4.88 Å². The van der Waals surface area contributed by atoms with E-state index in [1.165, 1.54) is 11.3 Å². The van der Waals surface area contributed by atoms with Crippen molar-refractivity contribution in [2.45, 2.75) is 11.4 Å². The van der Waals surface area contributed by atoms with Crippen LogP contribution < -0.4 is 10.0 Å². The highest BCUT2D eigenvalue weighted by Crippen LogP contribution is 2.23. The summed E-state index contributed by atoms with van der Waals surface area (Å²) in [5.41, 5.74) is 0. The predicted octanol–water partition coefficient (Wildman–Crippen LogP) is 1.00. The van der Waals surface area contributed by atoms with Gasteiger partial charge in [0.25, 0.3) is 10.0 Å². The summed E-state index contributed by atoms with van der Waals surface area (Å²) in [6.45, 7) is 0.524. The fourth-order valence-corrected chi connectivity index (χ4v) is 3.97. The predicted molar refractivity (Wildman–Crippen MR) is 71.1 cm³/mol. The second-order valence-electron chi connectivity index (χ2n) is 3.72. The number of sulfonamides is 1. The van der Waals surface area contributed by atoms with Gasteiger partial charge in [-0.05, 0) is 18.5 Å². The highest BCUT2D eigenvalue weighted by atomic mass is 32.2. The van der Waals surface area contributed by atoms with Crippen LogP contribution in [0.5, 0.6) is 0 Å². The molecule has 0 amide bonds. The SMILES string of the molecule is CNCc1sccc1S(=O)(=O)Nc1ccn(C)n1. The van der Waals surface area contributed by atoms with E-state index in [1.54, 1.807) is 42.5 Å². The minimum atomic E-state index is -3.56. The van der Waals surface area contributed by atoms with Crippen LogP contribution in [0.25, 0.3) is 0 Å². The molecular formula is C10H14N4O2S2. The third-order valence-corrected chi connectivity index (χ3v) is 4.77. The molecule has 98 valence electrons. The number of nitrogens with zero attached hydrogens (tertiary/aromatic N) is 2. The highest BCUT2D eigenvalue weighted by molar-refractivity contribution is 7.92. The largest absolute Gasteiger partial charge is 0.315 e. The van der Waals surface area contributed by atoms with Gasteiger partial charge in [-0.3, -0.25) is 9.40 Å². The number of rotatable bonds is 5. The molecule has 0 saturated heterocycles. The molecule has 2 rings (SSSR count). The summed E-state index contributed by atoms with van der Waals surface area (Å²) in [5.74, 6) is 0.319. The fourth-order valence-electron chi connectivity index (χ4n) is 1.52. The summed E-state index contributed by atoms with van der Waals surface area (Å²) >= 11 is 1.41. The molecule has 0 radical (unpaired) electrons. The van der Waals surface area contributed by atoms with E-state index < -0.39 is 10.0 Å². The summed E-state index contributed by atoms with van der Waals surface area (Å²) in [7, 11) is -0.0539. The van der Waals surface area contributed by atoms with Gasteiger partial charge in [-0.15, -0.1) is 11.3 Å². The molecule has 18 heavy (non-hydrogen) atoms. The van der Waals surface area contributed by atoms with Crippen LogP contribution in [0.3, 0.4) is 0 Å². The number of thiophene rings is 1. The molecule has 0 aromatic carbocycles. The standard InChI is InChI=1S/C10H14N4O2S2/c1-11-7-8-9(4-6-17-8)18(15,16)13-10-3-5-14(2)12-10/h3-6,11H,7H2,1-2H3,(H,12,13). The van der Waals surface area contributed by atoms with Crippen LogP contribution in [-0.4, -0.2) is 25.2 Å². The second kappa shape index (κ2) is 5.09. The minimum Gasteiger partial charge on any atom is -0.315 e. The van der Waals surface area contributed by atoms with E-state index in [4.69, 9.17) is 0 Å². The molecule has 0 spiro atoms. The van der Waals surface area contributed by atoms with Gasteiger partial charge in [-0.25, -0.2) is 8.42 Å². The van der Waals surface area contributed by atoms with Gasteiger partial charge in [0.1, 0.15) is 4.90 Å². The maximum atomic E-state index is 12.2. The Bertz CT molecular complexity index is 630. The lowest BCUT2D eigenvalue weighted by atomic mass is 10.5. The van der Waals surface area contributed by atoms with Gasteiger partial charge in [0.2, 0.25) is 0 Å². The number of aryl methyl sites for hydroxylation is 1. The van der Waals surface area contributed by atoms with Gasteiger partial charge in [0.15, 0.2) is 5.82 Å². The minimum absolute atomic E-state index is 0.299. The molecule has 2 heterocycles. The average molecular weight is 286 g/mol. The smallest absolute Gasteiger partial charge is 0.264 e. The first-order chi connectivity index (χ1) is 8.53. The summed E-state index contributed by atoms with van der Waals surface area (Å²) in [6, 6.07) is 3.21. The zero-order valence-electron chi connectivity index (χ0n) is 10.0. The number of nitrogens with one attached hydrogen (secondary N) is 2. The third-order valence-electron chi connectivity index (χ3n) is 2.28. The van der Waals surface area contributed by atoms with E-state index in [9.17, 15) is 8.42 Å². The molecule has 8 heteroatoms. The molecule has 0 fully saturated rings. The van der Waals surface area contributed by atoms with Crippen molar-refractivity contribution in [3.05, 3.63) is 28.6 Å². The van der Waals surface area contributed by atoms with Gasteiger partial charge < -0.3 is 5.32 Å². The molecule has 2 N–H and O–H groups in total. The van der Waals surface area contributed by atoms with E-state index in [-0.39, 0.29) is 0 Å². The molecule has 0 unspecified atom stereocenters. The number of aromatic nitrogens is 2. The summed E-state index contributed by atoms with van der Waals surface area (Å²) in [4.78, 5) is 1.08. The first kappa shape index (κ1) is 13.1. The zero-order valence-corrected chi connectivity index (χ0v) is 11.7. The lowest BCUT2D eigenvalue weighted by Crippen LogP contribution is -2.16. The number of hydrogen-bond donors (Lipinski definition) is 2. The van der Waals surface area contributed by atoms with Crippen LogP contribution in [0.2, 0.25) is 0 Å². The van der Waals surface area contributed by atoms with Gasteiger partial charge >= 0.3 is 0 Å². The van der Waals surface area contributed by atoms with Gasteiger partial charge in [-0.1, -0.05) is 0 Å². The van der Waals surface area contributed by atoms with Crippen LogP contribution >= 0.6 is 11.3 Å². The van der Waals surface area contributed by atoms with E-state index in [2.05, 4.69) is 15.1 Å². The molecular weight excluding hydrogens is 272 g/mol. The second-order valence-corrected chi connectivity index (χ2v) is 6.37. The Balaban J connectivity index is 2.27. The number of anilines is 1. The molecule has 0 aliphatic rings. The molecule has 2 aromatic heterocycles. The molecule has 2 aromatic rings. The molecule has 6 nitrogen and oxygen atoms in total. The van der Waals surface area contributed by atoms with E-state index in [1.807, 2.05) is 0 Å². The molecule has 0 aliphatic heterocycles. The van der Waals surface area contributed by atoms with Crippen molar-refractivity contribution in [3.63, 3.8) is 0 Å². The van der Waals surface area contributed by atoms with Crippen molar-refractivity contribution >= 4 is 27.2 Å². The lowest BCUT2D eigenvalue weighted by Gasteiger charge is -2.06. The van der Waals surface area contributed by atoms with Crippen LogP contribution in [-0.2, 0) is 23.6 Å². The van der Waals surface area contributed by atoms with Crippen molar-refractivity contribution in [2.75, 3.05) is 11.8 Å². The average Bonchev–Trinajstić information content (AvgIpc) is 2.88. The number of hydrogen-bond acceptors (Lipinski definition) is 5. The first-order valence-electron chi connectivity index (χ1n) is 5.26. The first-order valence-corrected chi connectivity index (χ1v) is 7.62. The monoisotopic (exact) mass is 286 g/mol. The van der Waals surface area contributed by atoms with Crippen LogP contribution in [0.4, 0.5) is 5.82 Å². The van der Waals surface area contributed by atoms with Crippen molar-refractivity contribution in [1.29, 1.82) is 0 Å². The van der Waals surface area contributed by atoms with Crippen molar-refractivity contribution in [1.82, 2.24) is 15.1 Å². The molecule has 0 atom stereocenters. The Labute approximate surface area is 110 Å². The van der Waals surface area contributed by atoms with E-state index in [0.717, 1.165) is 4.88 Å². The van der Waals surface area contributed by atoms with Crippen molar-refractivity contribution in [2.24, 2.45) is 7.05 Å². The topological polar surface area (TPSA) is 76.0 Å². The Morgan fingerprint density at radius 2 is 2.22 bits per heavy atom. The van der Waals surface area contributed by atoms with Gasteiger partial charge in [0.05, 0.1) is 0 Å². The highest BCUT2D eigenvalue weighted by Gasteiger charge is 2.20. The fraction of sp³-hybridized carbons (Fsp3) is 0.300. The maximum Gasteiger partial charge on any atom is 0.264 e. The third kappa shape index (κ3) is 2.71. The molecule has 0 aliphatic carbocycles. The normalized spacial score (nSPS) is 11.7. The van der Waals surface area contributed by atoms with Crippen molar-refractivity contribution < 1.29 is 8.42 Å². The lowest BCUT2D eigenvalue weighted by molar-refractivity contribution is 0.599. The molecule has 0 bridgehead atoms. The Morgan fingerprint density at radius 3 is 2.83 bits per heavy atom. The van der Waals surface area contributed by atoms with E-state index >= 15 is 0 Å². The Kier molecular flexibility index (Phi) is 3.69. The quantitative estimate of drug-likeness (QED) is 0.860. The molecule has 0 saturated carbocycles. The summed E-state index contributed by atoms with van der Waals surface area (Å²) < 4.78 is 28.4. The van der Waals surface area contributed by atoms with Gasteiger partial charge in [-0.2, -0.15) is 5.10 Å². The van der Waals surface area contributed by atoms with E-state index in [0.29, 0.717) is 17.3 Å². The van der Waals surface area contributed by atoms with Crippen LogP contribution in [0, 0.1) is 0 Å². The van der Waals surface area contributed by atoms with Gasteiger partial charge in [0, 0.05) is 30.7 Å². The van der Waals surface area contributed by atoms with Crippen molar-refractivity contribution in [3.8, 4) is 0 Å². The summed E-state index contributed by atoms with van der Waals surface area (Å²) in [6.07, 6.45) is 1.68. The Hall–Kier alpha value is -1.38.